The summed E-state index contributed by atoms with van der Waals surface area (Å²) in [6.45, 7) is 0. The Morgan fingerprint density at radius 2 is 1.45 bits per heavy atom. The third-order valence-electron chi connectivity index (χ3n) is 7.48. The van der Waals surface area contributed by atoms with Crippen LogP contribution in [0.1, 0.15) is 16.7 Å². The molecule has 3 heterocycles. The van der Waals surface area contributed by atoms with Crippen molar-refractivity contribution in [2.75, 3.05) is 38.5 Å². The quantitative estimate of drug-likeness (QED) is 0.446. The molecule has 0 radical (unpaired) electrons. The number of urea groups is 1. The first-order chi connectivity index (χ1) is 18.3. The van der Waals surface area contributed by atoms with Gasteiger partial charge in [-0.1, -0.05) is 84.1 Å². The third kappa shape index (κ3) is 3.18. The molecule has 0 unspecified atom stereocenters. The van der Waals surface area contributed by atoms with E-state index in [4.69, 9.17) is 4.99 Å². The molecule has 1 fully saturated rings. The fourth-order valence-corrected chi connectivity index (χ4v) is 6.50. The Bertz CT molecular complexity index is 1700. The Morgan fingerprint density at radius 1 is 0.842 bits per heavy atom. The Morgan fingerprint density at radius 3 is 2.05 bits per heavy atom. The summed E-state index contributed by atoms with van der Waals surface area (Å²) < 4.78 is 2.04. The maximum Gasteiger partial charge on any atom is 0.324 e. The van der Waals surface area contributed by atoms with E-state index in [-0.39, 0.29) is 11.6 Å². The van der Waals surface area contributed by atoms with Crippen LogP contribution in [0.4, 0.5) is 10.5 Å². The SMILES string of the molecule is CN(C)c1ccc(/C=c2/sc3n(c2=O)N[C@]2(c4ccccc4)N(C)C(=O)N(C)[C@]2(c2ccccc2)N=3)cc1. The molecule has 2 atom stereocenters. The molecule has 1 aromatic heterocycles. The van der Waals surface area contributed by atoms with Crippen LogP contribution in [-0.2, 0) is 11.3 Å². The summed E-state index contributed by atoms with van der Waals surface area (Å²) in [6, 6.07) is 27.3. The average Bonchev–Trinajstić information content (AvgIpc) is 3.33. The van der Waals surface area contributed by atoms with Gasteiger partial charge in [-0.05, 0) is 23.8 Å². The minimum Gasteiger partial charge on any atom is -0.378 e. The van der Waals surface area contributed by atoms with E-state index in [1.165, 1.54) is 16.0 Å². The predicted octanol–water partition coefficient (Wildman–Crippen LogP) is 2.68. The van der Waals surface area contributed by atoms with E-state index in [1.807, 2.05) is 110 Å². The minimum absolute atomic E-state index is 0.204. The summed E-state index contributed by atoms with van der Waals surface area (Å²) in [5, 5.41) is 0. The Hall–Kier alpha value is -4.37. The van der Waals surface area contributed by atoms with Gasteiger partial charge in [0, 0.05) is 45.0 Å². The zero-order chi connectivity index (χ0) is 26.7. The lowest BCUT2D eigenvalue weighted by molar-refractivity contribution is 0.0648. The van der Waals surface area contributed by atoms with Crippen molar-refractivity contribution in [1.82, 2.24) is 14.5 Å². The molecule has 3 aromatic carbocycles. The number of aromatic nitrogens is 1. The molecular weight excluding hydrogens is 496 g/mol. The van der Waals surface area contributed by atoms with E-state index >= 15 is 0 Å². The van der Waals surface area contributed by atoms with Gasteiger partial charge in [-0.2, -0.15) is 4.68 Å². The Labute approximate surface area is 224 Å². The number of carbonyl (C=O) groups excluding carboxylic acids is 1. The number of benzene rings is 3. The number of carbonyl (C=O) groups is 1. The molecule has 1 saturated heterocycles. The van der Waals surface area contributed by atoms with Gasteiger partial charge in [0.1, 0.15) is 0 Å². The number of thiazole rings is 1. The van der Waals surface area contributed by atoms with Crippen molar-refractivity contribution in [1.29, 1.82) is 0 Å². The first-order valence-electron chi connectivity index (χ1n) is 12.3. The number of fused-ring (bicyclic) bond motifs is 2. The Balaban J connectivity index is 1.64. The topological polar surface area (TPSA) is 73.2 Å². The third-order valence-corrected chi connectivity index (χ3v) is 8.45. The predicted molar refractivity (Wildman–Crippen MR) is 150 cm³/mol. The summed E-state index contributed by atoms with van der Waals surface area (Å²) >= 11 is 1.31. The monoisotopic (exact) mass is 524 g/mol. The highest BCUT2D eigenvalue weighted by Gasteiger charge is 2.69. The summed E-state index contributed by atoms with van der Waals surface area (Å²) in [6.07, 6.45) is 1.88. The molecule has 1 N–H and O–H groups in total. The highest BCUT2D eigenvalue weighted by Crippen LogP contribution is 2.53. The first kappa shape index (κ1) is 24.0. The maximum absolute atomic E-state index is 13.8. The minimum atomic E-state index is -1.18. The number of likely N-dealkylation sites (N-methyl/N-ethyl adjacent to an activating group) is 2. The molecular formula is C29H28N6O2S. The second kappa shape index (κ2) is 8.59. The lowest BCUT2D eigenvalue weighted by atomic mass is 9.80. The van der Waals surface area contributed by atoms with E-state index in [9.17, 15) is 9.59 Å². The highest BCUT2D eigenvalue weighted by atomic mass is 32.1. The van der Waals surface area contributed by atoms with Crippen molar-refractivity contribution < 1.29 is 4.79 Å². The van der Waals surface area contributed by atoms with Crippen molar-refractivity contribution in [3.63, 3.8) is 0 Å². The second-order valence-corrected chi connectivity index (χ2v) is 10.8. The fraction of sp³-hybridized carbons (Fsp3) is 0.207. The molecule has 2 aliphatic heterocycles. The van der Waals surface area contributed by atoms with Crippen LogP contribution in [0, 0.1) is 0 Å². The van der Waals surface area contributed by atoms with E-state index in [1.54, 1.807) is 23.9 Å². The molecule has 4 aromatic rings. The van der Waals surface area contributed by atoms with E-state index in [2.05, 4.69) is 5.43 Å². The lowest BCUT2D eigenvalue weighted by Crippen LogP contribution is -2.67. The summed E-state index contributed by atoms with van der Waals surface area (Å²) in [5.41, 5.74) is 4.61. The lowest BCUT2D eigenvalue weighted by Gasteiger charge is -2.49. The number of nitrogens with zero attached hydrogens (tertiary/aromatic N) is 5. The summed E-state index contributed by atoms with van der Waals surface area (Å²) in [7, 11) is 7.50. The van der Waals surface area contributed by atoms with Gasteiger partial charge in [0.15, 0.2) is 0 Å². The number of hydrogen-bond acceptors (Lipinski definition) is 6. The van der Waals surface area contributed by atoms with Crippen LogP contribution in [0.3, 0.4) is 0 Å². The molecule has 0 saturated carbocycles. The maximum atomic E-state index is 13.8. The van der Waals surface area contributed by atoms with Crippen molar-refractivity contribution in [2.24, 2.45) is 4.99 Å². The van der Waals surface area contributed by atoms with Gasteiger partial charge < -0.3 is 4.90 Å². The molecule has 2 amide bonds. The smallest absolute Gasteiger partial charge is 0.324 e. The van der Waals surface area contributed by atoms with Gasteiger partial charge >= 0.3 is 6.03 Å². The van der Waals surface area contributed by atoms with Crippen molar-refractivity contribution in [3.8, 4) is 0 Å². The highest BCUT2D eigenvalue weighted by molar-refractivity contribution is 7.07. The molecule has 9 heteroatoms. The number of amides is 2. The molecule has 8 nitrogen and oxygen atoms in total. The van der Waals surface area contributed by atoms with Gasteiger partial charge in [-0.15, -0.1) is 0 Å². The van der Waals surface area contributed by atoms with Crippen LogP contribution < -0.4 is 25.2 Å². The van der Waals surface area contributed by atoms with Crippen LogP contribution >= 0.6 is 11.3 Å². The van der Waals surface area contributed by atoms with Gasteiger partial charge in [-0.3, -0.25) is 20.0 Å². The molecule has 6 rings (SSSR count). The largest absolute Gasteiger partial charge is 0.378 e. The van der Waals surface area contributed by atoms with Gasteiger partial charge in [0.25, 0.3) is 5.56 Å². The van der Waals surface area contributed by atoms with Crippen molar-refractivity contribution in [2.45, 2.75) is 11.3 Å². The fourth-order valence-electron chi connectivity index (χ4n) is 5.54. The number of hydrogen-bond donors (Lipinski definition) is 1. The van der Waals surface area contributed by atoms with Gasteiger partial charge in [-0.25, -0.2) is 9.79 Å². The zero-order valence-electron chi connectivity index (χ0n) is 21.6. The molecule has 0 bridgehead atoms. The number of anilines is 1. The van der Waals surface area contributed by atoms with Crippen molar-refractivity contribution >= 4 is 29.1 Å². The van der Waals surface area contributed by atoms with Crippen LogP contribution in [0.15, 0.2) is 94.7 Å². The van der Waals surface area contributed by atoms with E-state index in [0.717, 1.165) is 22.4 Å². The van der Waals surface area contributed by atoms with Crippen LogP contribution in [0.25, 0.3) is 6.08 Å². The Kier molecular flexibility index (Phi) is 5.43. The van der Waals surface area contributed by atoms with Crippen LogP contribution in [0.2, 0.25) is 0 Å². The van der Waals surface area contributed by atoms with E-state index in [0.29, 0.717) is 9.33 Å². The number of nitrogens with one attached hydrogen (secondary N) is 1. The molecule has 192 valence electrons. The second-order valence-electron chi connectivity index (χ2n) is 9.76. The standard InChI is InChI=1S/C29H28N6O2S/c1-32(2)23-17-15-20(16-18-23)19-24-25(36)35-26(38-24)30-28(21-11-7-5-8-12-21)29(31-35,22-13-9-6-10-14-22)34(4)27(37)33(28)3/h5-19,31H,1-4H3/b24-19+/t28-,29+/m0/s1. The van der Waals surface area contributed by atoms with Crippen molar-refractivity contribution in [3.05, 3.63) is 121 Å². The molecule has 0 spiro atoms. The molecule has 38 heavy (non-hydrogen) atoms. The zero-order valence-corrected chi connectivity index (χ0v) is 22.4. The van der Waals surface area contributed by atoms with E-state index < -0.39 is 11.3 Å². The van der Waals surface area contributed by atoms with Gasteiger partial charge in [0.2, 0.25) is 16.1 Å². The average molecular weight is 525 g/mol. The molecule has 2 aliphatic rings. The summed E-state index contributed by atoms with van der Waals surface area (Å²) in [4.78, 5) is 38.5. The van der Waals surface area contributed by atoms with Gasteiger partial charge in [0.05, 0.1) is 4.53 Å². The number of rotatable bonds is 4. The molecule has 0 aliphatic carbocycles. The normalized spacial score (nSPS) is 22.5. The summed E-state index contributed by atoms with van der Waals surface area (Å²) in [5.74, 6) is 0. The van der Waals surface area contributed by atoms with Crippen LogP contribution in [-0.4, -0.2) is 48.7 Å². The first-order valence-corrected chi connectivity index (χ1v) is 13.1. The van der Waals surface area contributed by atoms with Crippen LogP contribution in [0.5, 0.6) is 0 Å².